The Morgan fingerprint density at radius 2 is 1.71 bits per heavy atom. The average Bonchev–Trinajstić information content (AvgIpc) is 2.44. The Labute approximate surface area is 124 Å². The first-order chi connectivity index (χ1) is 9.95. The Morgan fingerprint density at radius 3 is 2.29 bits per heavy atom. The molecule has 1 amide bonds. The monoisotopic (exact) mass is 284 g/mol. The predicted octanol–water partition coefficient (Wildman–Crippen LogP) is 2.35. The highest BCUT2D eigenvalue weighted by Gasteiger charge is 2.11. The molecule has 0 heterocycles. The molecular weight excluding hydrogens is 264 g/mol. The Balaban J connectivity index is 1.98. The zero-order valence-electron chi connectivity index (χ0n) is 12.3. The number of nitrogen functional groups attached to an aromatic ring is 1. The summed E-state index contributed by atoms with van der Waals surface area (Å²) >= 11 is 0. The molecule has 0 aromatic heterocycles. The fraction of sp³-hybridized carbons (Fsp3) is 0.235. The summed E-state index contributed by atoms with van der Waals surface area (Å²) < 4.78 is 0. The molecule has 0 saturated carbocycles. The van der Waals surface area contributed by atoms with Crippen molar-refractivity contribution >= 4 is 11.6 Å². The molecule has 4 N–H and O–H groups in total. The van der Waals surface area contributed by atoms with Crippen molar-refractivity contribution in [2.45, 2.75) is 20.0 Å². The Hall–Kier alpha value is -2.33. The molecule has 2 aromatic carbocycles. The molecule has 1 unspecified atom stereocenters. The number of benzene rings is 2. The lowest BCUT2D eigenvalue weighted by molar-refractivity contribution is 0.0916. The van der Waals surface area contributed by atoms with Crippen LogP contribution in [0.2, 0.25) is 0 Å². The third-order valence-corrected chi connectivity index (χ3v) is 3.26. The summed E-state index contributed by atoms with van der Waals surface area (Å²) in [5.41, 5.74) is 9.66. The predicted molar refractivity (Wildman–Crippen MR) is 84.1 cm³/mol. The normalized spacial score (nSPS) is 12.0. The van der Waals surface area contributed by atoms with E-state index in [9.17, 15) is 9.90 Å². The molecule has 110 valence electrons. The average molecular weight is 284 g/mol. The van der Waals surface area contributed by atoms with Crippen LogP contribution in [0.3, 0.4) is 0 Å². The summed E-state index contributed by atoms with van der Waals surface area (Å²) in [6, 6.07) is 12.6. The van der Waals surface area contributed by atoms with Crippen LogP contribution in [0.15, 0.2) is 42.5 Å². The Kier molecular flexibility index (Phi) is 4.60. The lowest BCUT2D eigenvalue weighted by Crippen LogP contribution is -2.28. The van der Waals surface area contributed by atoms with E-state index in [0.717, 1.165) is 16.7 Å². The van der Waals surface area contributed by atoms with Crippen LogP contribution < -0.4 is 11.1 Å². The number of aliphatic hydroxyl groups is 1. The molecular formula is C17H20N2O2. The van der Waals surface area contributed by atoms with Gasteiger partial charge in [0.15, 0.2) is 0 Å². The van der Waals surface area contributed by atoms with E-state index in [2.05, 4.69) is 5.32 Å². The maximum absolute atomic E-state index is 12.1. The molecule has 21 heavy (non-hydrogen) atoms. The van der Waals surface area contributed by atoms with Gasteiger partial charge in [-0.25, -0.2) is 0 Å². The van der Waals surface area contributed by atoms with E-state index in [1.165, 1.54) is 0 Å². The molecule has 0 spiro atoms. The number of hydrogen-bond acceptors (Lipinski definition) is 3. The second kappa shape index (κ2) is 6.41. The summed E-state index contributed by atoms with van der Waals surface area (Å²) in [7, 11) is 0. The first kappa shape index (κ1) is 15.1. The summed E-state index contributed by atoms with van der Waals surface area (Å²) in [6.45, 7) is 4.07. The smallest absolute Gasteiger partial charge is 0.251 e. The zero-order valence-corrected chi connectivity index (χ0v) is 12.3. The van der Waals surface area contributed by atoms with Gasteiger partial charge in [-0.15, -0.1) is 0 Å². The van der Waals surface area contributed by atoms with E-state index in [0.29, 0.717) is 11.3 Å². The number of aliphatic hydroxyl groups excluding tert-OH is 1. The largest absolute Gasteiger partial charge is 0.399 e. The number of aryl methyl sites for hydroxylation is 2. The maximum Gasteiger partial charge on any atom is 0.251 e. The molecule has 0 bridgehead atoms. The van der Waals surface area contributed by atoms with Gasteiger partial charge < -0.3 is 16.2 Å². The maximum atomic E-state index is 12.1. The van der Waals surface area contributed by atoms with E-state index in [1.54, 1.807) is 24.3 Å². The van der Waals surface area contributed by atoms with Crippen LogP contribution in [0.4, 0.5) is 5.69 Å². The molecule has 1 atom stereocenters. The molecule has 0 aliphatic carbocycles. The lowest BCUT2D eigenvalue weighted by atomic mass is 10.1. The summed E-state index contributed by atoms with van der Waals surface area (Å²) in [5, 5.41) is 12.8. The summed E-state index contributed by atoms with van der Waals surface area (Å²) in [5.74, 6) is -0.184. The molecule has 0 fully saturated rings. The third kappa shape index (κ3) is 4.07. The van der Waals surface area contributed by atoms with Gasteiger partial charge in [0.25, 0.3) is 5.91 Å². The molecule has 0 aliphatic rings. The van der Waals surface area contributed by atoms with Crippen LogP contribution in [0.5, 0.6) is 0 Å². The second-order valence-electron chi connectivity index (χ2n) is 5.27. The number of amides is 1. The summed E-state index contributed by atoms with van der Waals surface area (Å²) in [4.78, 5) is 12.1. The van der Waals surface area contributed by atoms with Gasteiger partial charge in [-0.05, 0) is 43.7 Å². The third-order valence-electron chi connectivity index (χ3n) is 3.26. The van der Waals surface area contributed by atoms with Crippen molar-refractivity contribution in [1.29, 1.82) is 0 Å². The van der Waals surface area contributed by atoms with E-state index in [1.807, 2.05) is 32.0 Å². The van der Waals surface area contributed by atoms with Crippen molar-refractivity contribution in [2.75, 3.05) is 12.3 Å². The molecule has 0 aliphatic heterocycles. The Bertz CT molecular complexity index is 615. The van der Waals surface area contributed by atoms with Crippen molar-refractivity contribution in [3.05, 3.63) is 64.7 Å². The quantitative estimate of drug-likeness (QED) is 0.754. The minimum Gasteiger partial charge on any atom is -0.399 e. The number of hydrogen-bond donors (Lipinski definition) is 3. The number of rotatable bonds is 4. The van der Waals surface area contributed by atoms with Gasteiger partial charge in [0.05, 0.1) is 6.10 Å². The standard InChI is InChI=1S/C17H20N2O2/c1-11-7-12(2)9-14(8-11)17(21)19-10-16(20)13-3-5-15(18)6-4-13/h3-9,16,20H,10,18H2,1-2H3,(H,19,21). The molecule has 4 nitrogen and oxygen atoms in total. The topological polar surface area (TPSA) is 75.3 Å². The number of carbonyl (C=O) groups is 1. The van der Waals surface area contributed by atoms with Crippen LogP contribution in [-0.4, -0.2) is 17.6 Å². The highest BCUT2D eigenvalue weighted by atomic mass is 16.3. The van der Waals surface area contributed by atoms with Crippen molar-refractivity contribution in [1.82, 2.24) is 5.32 Å². The van der Waals surface area contributed by atoms with Crippen LogP contribution in [0.25, 0.3) is 0 Å². The number of nitrogens with two attached hydrogens (primary N) is 1. The van der Waals surface area contributed by atoms with Crippen molar-refractivity contribution in [3.8, 4) is 0 Å². The fourth-order valence-electron chi connectivity index (χ4n) is 2.23. The van der Waals surface area contributed by atoms with Crippen molar-refractivity contribution in [2.24, 2.45) is 0 Å². The molecule has 0 saturated heterocycles. The van der Waals surface area contributed by atoms with Gasteiger partial charge in [-0.2, -0.15) is 0 Å². The SMILES string of the molecule is Cc1cc(C)cc(C(=O)NCC(O)c2ccc(N)cc2)c1. The van der Waals surface area contributed by atoms with Crippen LogP contribution in [0, 0.1) is 13.8 Å². The van der Waals surface area contributed by atoms with Gasteiger partial charge in [-0.1, -0.05) is 29.3 Å². The summed E-state index contributed by atoms with van der Waals surface area (Å²) in [6.07, 6.45) is -0.750. The molecule has 2 rings (SSSR count). The first-order valence-corrected chi connectivity index (χ1v) is 6.85. The molecule has 0 radical (unpaired) electrons. The Morgan fingerprint density at radius 1 is 1.14 bits per heavy atom. The number of carbonyl (C=O) groups excluding carboxylic acids is 1. The lowest BCUT2D eigenvalue weighted by Gasteiger charge is -2.13. The van der Waals surface area contributed by atoms with Gasteiger partial charge in [0.1, 0.15) is 0 Å². The number of anilines is 1. The van der Waals surface area contributed by atoms with Gasteiger partial charge in [0.2, 0.25) is 0 Å². The highest BCUT2D eigenvalue weighted by Crippen LogP contribution is 2.14. The second-order valence-corrected chi connectivity index (χ2v) is 5.27. The van der Waals surface area contributed by atoms with E-state index < -0.39 is 6.10 Å². The minimum absolute atomic E-state index is 0.162. The fourth-order valence-corrected chi connectivity index (χ4v) is 2.23. The van der Waals surface area contributed by atoms with Crippen molar-refractivity contribution < 1.29 is 9.90 Å². The van der Waals surface area contributed by atoms with Crippen LogP contribution >= 0.6 is 0 Å². The van der Waals surface area contributed by atoms with Crippen molar-refractivity contribution in [3.63, 3.8) is 0 Å². The van der Waals surface area contributed by atoms with E-state index in [4.69, 9.17) is 5.73 Å². The van der Waals surface area contributed by atoms with Gasteiger partial charge >= 0.3 is 0 Å². The minimum atomic E-state index is -0.750. The van der Waals surface area contributed by atoms with E-state index >= 15 is 0 Å². The molecule has 2 aromatic rings. The van der Waals surface area contributed by atoms with Gasteiger partial charge in [-0.3, -0.25) is 4.79 Å². The van der Waals surface area contributed by atoms with Crippen LogP contribution in [0.1, 0.15) is 33.2 Å². The zero-order chi connectivity index (χ0) is 15.4. The van der Waals surface area contributed by atoms with Gasteiger partial charge in [0, 0.05) is 17.8 Å². The molecule has 4 heteroatoms. The van der Waals surface area contributed by atoms with Crippen LogP contribution in [-0.2, 0) is 0 Å². The number of nitrogens with one attached hydrogen (secondary N) is 1. The first-order valence-electron chi connectivity index (χ1n) is 6.85. The van der Waals surface area contributed by atoms with E-state index in [-0.39, 0.29) is 12.5 Å². The highest BCUT2D eigenvalue weighted by molar-refractivity contribution is 5.94.